The Morgan fingerprint density at radius 1 is 0.964 bits per heavy atom. The van der Waals surface area contributed by atoms with Crippen LogP contribution in [0.1, 0.15) is 43.2 Å². The van der Waals surface area contributed by atoms with Gasteiger partial charge in [-0.25, -0.2) is 0 Å². The number of rotatable bonds is 5. The highest BCUT2D eigenvalue weighted by atomic mass is 16.3. The first-order chi connectivity index (χ1) is 13.6. The topological polar surface area (TPSA) is 36.4 Å². The van der Waals surface area contributed by atoms with Crippen LogP contribution in [0.25, 0.3) is 0 Å². The molecule has 1 saturated carbocycles. The molecule has 1 fully saturated rings. The number of benzene rings is 2. The predicted molar refractivity (Wildman–Crippen MR) is 114 cm³/mol. The van der Waals surface area contributed by atoms with E-state index in [0.717, 1.165) is 25.8 Å². The lowest BCUT2D eigenvalue weighted by molar-refractivity contribution is -0.00499. The molecule has 0 amide bonds. The van der Waals surface area contributed by atoms with E-state index in [9.17, 15) is 5.11 Å². The molecule has 0 spiro atoms. The van der Waals surface area contributed by atoms with Crippen LogP contribution < -0.4 is 4.90 Å². The number of anilines is 1. The molecule has 0 aliphatic heterocycles. The zero-order valence-electron chi connectivity index (χ0n) is 16.4. The molecule has 1 heterocycles. The first-order valence-corrected chi connectivity index (χ1v) is 10.1. The Kier molecular flexibility index (Phi) is 5.45. The van der Waals surface area contributed by atoms with Gasteiger partial charge in [-0.3, -0.25) is 4.98 Å². The lowest BCUT2D eigenvalue weighted by Crippen LogP contribution is -2.46. The van der Waals surface area contributed by atoms with Gasteiger partial charge in [-0.1, -0.05) is 48.5 Å². The molecule has 3 nitrogen and oxygen atoms in total. The van der Waals surface area contributed by atoms with E-state index in [1.807, 2.05) is 31.5 Å². The van der Waals surface area contributed by atoms with Crippen molar-refractivity contribution in [3.05, 3.63) is 96.3 Å². The van der Waals surface area contributed by atoms with Gasteiger partial charge in [-0.05, 0) is 61.6 Å². The van der Waals surface area contributed by atoms with Crippen molar-refractivity contribution in [2.75, 3.05) is 4.90 Å². The average molecular weight is 373 g/mol. The molecule has 0 bridgehead atoms. The van der Waals surface area contributed by atoms with Gasteiger partial charge in [0.15, 0.2) is 0 Å². The maximum atomic E-state index is 11.1. The lowest BCUT2D eigenvalue weighted by Gasteiger charge is -2.45. The fraction of sp³-hybridized carbons (Fsp3) is 0.320. The van der Waals surface area contributed by atoms with Gasteiger partial charge in [-0.2, -0.15) is 0 Å². The fourth-order valence-electron chi connectivity index (χ4n) is 4.48. The minimum absolute atomic E-state index is 0.108. The summed E-state index contributed by atoms with van der Waals surface area (Å²) in [4.78, 5) is 6.67. The molecule has 0 saturated heterocycles. The van der Waals surface area contributed by atoms with Crippen LogP contribution in [0, 0.1) is 0 Å². The van der Waals surface area contributed by atoms with E-state index in [-0.39, 0.29) is 5.92 Å². The molecular weight excluding hydrogens is 344 g/mol. The summed E-state index contributed by atoms with van der Waals surface area (Å²) in [5.41, 5.74) is 3.04. The van der Waals surface area contributed by atoms with Crippen molar-refractivity contribution in [2.45, 2.75) is 50.3 Å². The first-order valence-electron chi connectivity index (χ1n) is 10.1. The second-order valence-corrected chi connectivity index (χ2v) is 8.07. The molecule has 1 aliphatic carbocycles. The van der Waals surface area contributed by atoms with Crippen LogP contribution >= 0.6 is 0 Å². The molecule has 3 aromatic rings. The predicted octanol–water partition coefficient (Wildman–Crippen LogP) is 5.18. The quantitative estimate of drug-likeness (QED) is 0.671. The number of hydrogen-bond donors (Lipinski definition) is 1. The largest absolute Gasteiger partial charge is 0.390 e. The number of para-hydroxylation sites is 1. The summed E-state index contributed by atoms with van der Waals surface area (Å²) in [6.07, 6.45) is 6.36. The smallest absolute Gasteiger partial charge is 0.0689 e. The van der Waals surface area contributed by atoms with Gasteiger partial charge in [0.2, 0.25) is 0 Å². The lowest BCUT2D eigenvalue weighted by atomic mass is 9.71. The SMILES string of the molecule is C[C@@]1(O)CC[C@H](N(Cc2ccccc2)c2ccccc2)C[C@@H]1c1ccncc1. The van der Waals surface area contributed by atoms with Crippen molar-refractivity contribution >= 4 is 5.69 Å². The van der Waals surface area contributed by atoms with Gasteiger partial charge in [0.05, 0.1) is 5.60 Å². The van der Waals surface area contributed by atoms with E-state index in [1.54, 1.807) is 0 Å². The maximum Gasteiger partial charge on any atom is 0.0689 e. The molecule has 144 valence electrons. The molecule has 1 aliphatic rings. The number of aliphatic hydroxyl groups is 1. The highest BCUT2D eigenvalue weighted by Crippen LogP contribution is 2.43. The molecule has 4 rings (SSSR count). The number of aromatic nitrogens is 1. The fourth-order valence-corrected chi connectivity index (χ4v) is 4.48. The Hall–Kier alpha value is -2.65. The Labute approximate surface area is 167 Å². The van der Waals surface area contributed by atoms with Crippen molar-refractivity contribution in [1.29, 1.82) is 0 Å². The van der Waals surface area contributed by atoms with Crippen LogP contribution in [0.5, 0.6) is 0 Å². The zero-order chi connectivity index (χ0) is 19.4. The minimum Gasteiger partial charge on any atom is -0.390 e. The Morgan fingerprint density at radius 2 is 1.61 bits per heavy atom. The molecule has 0 radical (unpaired) electrons. The summed E-state index contributed by atoms with van der Waals surface area (Å²) in [7, 11) is 0. The van der Waals surface area contributed by atoms with E-state index in [4.69, 9.17) is 0 Å². The number of hydrogen-bond acceptors (Lipinski definition) is 3. The van der Waals surface area contributed by atoms with Crippen LogP contribution in [0.3, 0.4) is 0 Å². The number of pyridine rings is 1. The van der Waals surface area contributed by atoms with Crippen LogP contribution in [-0.4, -0.2) is 21.7 Å². The van der Waals surface area contributed by atoms with Crippen LogP contribution in [0.2, 0.25) is 0 Å². The molecular formula is C25H28N2O. The van der Waals surface area contributed by atoms with Crippen LogP contribution in [0.4, 0.5) is 5.69 Å². The van der Waals surface area contributed by atoms with Gasteiger partial charge < -0.3 is 10.0 Å². The Bertz CT molecular complexity index is 865. The third-order valence-corrected chi connectivity index (χ3v) is 6.08. The van der Waals surface area contributed by atoms with Crippen molar-refractivity contribution in [1.82, 2.24) is 4.98 Å². The standard InChI is InChI=1S/C25H28N2O/c1-25(28)15-12-23(18-24(25)21-13-16-26-17-14-21)27(22-10-6-3-7-11-22)19-20-8-4-2-5-9-20/h2-11,13-14,16-17,23-24,28H,12,15,18-19H2,1H3/t23-,24+,25+/m0/s1. The minimum atomic E-state index is -0.688. The highest BCUT2D eigenvalue weighted by Gasteiger charge is 2.41. The van der Waals surface area contributed by atoms with Crippen LogP contribution in [-0.2, 0) is 6.54 Å². The zero-order valence-corrected chi connectivity index (χ0v) is 16.4. The second kappa shape index (κ2) is 8.15. The molecule has 2 aromatic carbocycles. The monoisotopic (exact) mass is 372 g/mol. The van der Waals surface area contributed by atoms with E-state index >= 15 is 0 Å². The molecule has 0 unspecified atom stereocenters. The van der Waals surface area contributed by atoms with E-state index in [0.29, 0.717) is 6.04 Å². The third-order valence-electron chi connectivity index (χ3n) is 6.08. The van der Waals surface area contributed by atoms with Crippen molar-refractivity contribution in [2.24, 2.45) is 0 Å². The normalized spacial score (nSPS) is 24.6. The van der Waals surface area contributed by atoms with Gasteiger partial charge in [-0.15, -0.1) is 0 Å². The summed E-state index contributed by atoms with van der Waals surface area (Å²) in [6.45, 7) is 2.86. The summed E-state index contributed by atoms with van der Waals surface area (Å²) < 4.78 is 0. The average Bonchev–Trinajstić information content (AvgIpc) is 2.74. The summed E-state index contributed by atoms with van der Waals surface area (Å²) in [6, 6.07) is 25.8. The summed E-state index contributed by atoms with van der Waals surface area (Å²) >= 11 is 0. The van der Waals surface area contributed by atoms with E-state index in [1.165, 1.54) is 16.8 Å². The summed E-state index contributed by atoms with van der Waals surface area (Å²) in [5, 5.41) is 11.1. The summed E-state index contributed by atoms with van der Waals surface area (Å²) in [5.74, 6) is 0.108. The molecule has 1 N–H and O–H groups in total. The van der Waals surface area contributed by atoms with Crippen LogP contribution in [0.15, 0.2) is 85.2 Å². The van der Waals surface area contributed by atoms with Gasteiger partial charge in [0, 0.05) is 36.6 Å². The van der Waals surface area contributed by atoms with E-state index in [2.05, 4.69) is 70.5 Å². The Morgan fingerprint density at radius 3 is 2.29 bits per heavy atom. The van der Waals surface area contributed by atoms with Gasteiger partial charge in [0.1, 0.15) is 0 Å². The molecule has 3 heteroatoms. The second-order valence-electron chi connectivity index (χ2n) is 8.07. The molecule has 1 aromatic heterocycles. The third kappa shape index (κ3) is 4.10. The molecule has 28 heavy (non-hydrogen) atoms. The first kappa shape index (κ1) is 18.7. The van der Waals surface area contributed by atoms with Gasteiger partial charge in [0.25, 0.3) is 0 Å². The van der Waals surface area contributed by atoms with Crippen molar-refractivity contribution < 1.29 is 5.11 Å². The number of nitrogens with zero attached hydrogens (tertiary/aromatic N) is 2. The van der Waals surface area contributed by atoms with Crippen molar-refractivity contribution in [3.8, 4) is 0 Å². The maximum absolute atomic E-state index is 11.1. The Balaban J connectivity index is 1.64. The van der Waals surface area contributed by atoms with Gasteiger partial charge >= 0.3 is 0 Å². The van der Waals surface area contributed by atoms with E-state index < -0.39 is 5.60 Å². The highest BCUT2D eigenvalue weighted by molar-refractivity contribution is 5.48. The van der Waals surface area contributed by atoms with Crippen molar-refractivity contribution in [3.63, 3.8) is 0 Å². The molecule has 3 atom stereocenters.